The van der Waals surface area contributed by atoms with Gasteiger partial charge in [0.15, 0.2) is 0 Å². The number of nitrogens with zero attached hydrogens (tertiary/aromatic N) is 1. The number of hydrogen-bond donors (Lipinski definition) is 2. The zero-order valence-corrected chi connectivity index (χ0v) is 17.2. The van der Waals surface area contributed by atoms with Crippen molar-refractivity contribution < 1.29 is 18.8 Å². The molecule has 1 heterocycles. The van der Waals surface area contributed by atoms with Crippen LogP contribution in [-0.2, 0) is 4.79 Å². The standard InChI is InChI=1S/C24H26FN3O3/c1-2-14-26-23(30)21(27-22(29)18-6-4-3-5-7-18)17-12-15-28(16-13-17)24(31)19-8-10-20(25)11-9-19/h2-11,17,21H,1,12-16H2,(H,26,30)(H,27,29)/t21-/m0/s1. The van der Waals surface area contributed by atoms with Crippen molar-refractivity contribution in [3.05, 3.63) is 84.2 Å². The third kappa shape index (κ3) is 5.78. The average Bonchev–Trinajstić information content (AvgIpc) is 2.81. The molecule has 31 heavy (non-hydrogen) atoms. The summed E-state index contributed by atoms with van der Waals surface area (Å²) in [6, 6.07) is 13.5. The maximum absolute atomic E-state index is 13.1. The Kier molecular flexibility index (Phi) is 7.54. The lowest BCUT2D eigenvalue weighted by atomic mass is 9.88. The minimum atomic E-state index is -0.712. The molecule has 6 nitrogen and oxygen atoms in total. The predicted molar refractivity (Wildman–Crippen MR) is 116 cm³/mol. The smallest absolute Gasteiger partial charge is 0.253 e. The molecular formula is C24H26FN3O3. The maximum atomic E-state index is 13.1. The lowest BCUT2D eigenvalue weighted by Gasteiger charge is -2.35. The molecule has 0 bridgehead atoms. The third-order valence-electron chi connectivity index (χ3n) is 5.42. The van der Waals surface area contributed by atoms with Crippen molar-refractivity contribution in [2.24, 2.45) is 5.92 Å². The van der Waals surface area contributed by atoms with E-state index in [-0.39, 0.29) is 23.6 Å². The largest absolute Gasteiger partial charge is 0.351 e. The first-order valence-electron chi connectivity index (χ1n) is 10.3. The molecule has 0 saturated carbocycles. The highest BCUT2D eigenvalue weighted by molar-refractivity contribution is 5.97. The highest BCUT2D eigenvalue weighted by Crippen LogP contribution is 2.23. The third-order valence-corrected chi connectivity index (χ3v) is 5.42. The van der Waals surface area contributed by atoms with Gasteiger partial charge in [0.1, 0.15) is 11.9 Å². The van der Waals surface area contributed by atoms with Crippen molar-refractivity contribution in [1.29, 1.82) is 0 Å². The van der Waals surface area contributed by atoms with E-state index in [9.17, 15) is 18.8 Å². The quantitative estimate of drug-likeness (QED) is 0.673. The Hall–Kier alpha value is -3.48. The van der Waals surface area contributed by atoms with Crippen molar-refractivity contribution in [3.8, 4) is 0 Å². The molecule has 2 N–H and O–H groups in total. The first kappa shape index (κ1) is 22.2. The van der Waals surface area contributed by atoms with E-state index in [1.807, 2.05) is 6.07 Å². The van der Waals surface area contributed by atoms with Gasteiger partial charge in [-0.15, -0.1) is 6.58 Å². The second kappa shape index (κ2) is 10.5. The number of likely N-dealkylation sites (tertiary alicyclic amines) is 1. The normalized spacial score (nSPS) is 15.1. The fourth-order valence-corrected chi connectivity index (χ4v) is 3.71. The highest BCUT2D eigenvalue weighted by atomic mass is 19.1. The lowest BCUT2D eigenvalue weighted by molar-refractivity contribution is -0.124. The van der Waals surface area contributed by atoms with Crippen LogP contribution in [0.15, 0.2) is 67.3 Å². The minimum Gasteiger partial charge on any atom is -0.351 e. The molecule has 0 aromatic heterocycles. The van der Waals surface area contributed by atoms with Gasteiger partial charge in [0, 0.05) is 30.8 Å². The van der Waals surface area contributed by atoms with Crippen LogP contribution in [-0.4, -0.2) is 48.3 Å². The number of hydrogen-bond acceptors (Lipinski definition) is 3. The zero-order valence-electron chi connectivity index (χ0n) is 17.2. The van der Waals surface area contributed by atoms with E-state index < -0.39 is 11.9 Å². The van der Waals surface area contributed by atoms with Crippen LogP contribution in [0.5, 0.6) is 0 Å². The Labute approximate surface area is 181 Å². The molecule has 7 heteroatoms. The molecular weight excluding hydrogens is 397 g/mol. The topological polar surface area (TPSA) is 78.5 Å². The Morgan fingerprint density at radius 1 is 1.03 bits per heavy atom. The van der Waals surface area contributed by atoms with E-state index in [4.69, 9.17) is 0 Å². The number of halogens is 1. The van der Waals surface area contributed by atoms with Crippen LogP contribution in [0.3, 0.4) is 0 Å². The lowest BCUT2D eigenvalue weighted by Crippen LogP contribution is -2.53. The second-order valence-corrected chi connectivity index (χ2v) is 7.49. The zero-order chi connectivity index (χ0) is 22.2. The SMILES string of the molecule is C=CCNC(=O)[C@@H](NC(=O)c1ccccc1)C1CCN(C(=O)c2ccc(F)cc2)CC1. The highest BCUT2D eigenvalue weighted by Gasteiger charge is 2.34. The molecule has 3 amide bonds. The summed E-state index contributed by atoms with van der Waals surface area (Å²) in [6.45, 7) is 4.81. The summed E-state index contributed by atoms with van der Waals surface area (Å²) >= 11 is 0. The number of benzene rings is 2. The van der Waals surface area contributed by atoms with Gasteiger partial charge in [0.25, 0.3) is 11.8 Å². The fourth-order valence-electron chi connectivity index (χ4n) is 3.71. The summed E-state index contributed by atoms with van der Waals surface area (Å²) in [7, 11) is 0. The first-order chi connectivity index (χ1) is 15.0. The number of piperidine rings is 1. The molecule has 1 aliphatic heterocycles. The van der Waals surface area contributed by atoms with E-state index in [2.05, 4.69) is 17.2 Å². The molecule has 0 aliphatic carbocycles. The van der Waals surface area contributed by atoms with Crippen LogP contribution < -0.4 is 10.6 Å². The van der Waals surface area contributed by atoms with Gasteiger partial charge in [0.2, 0.25) is 5.91 Å². The average molecular weight is 423 g/mol. The maximum Gasteiger partial charge on any atom is 0.253 e. The number of amides is 3. The summed E-state index contributed by atoms with van der Waals surface area (Å²) in [5.74, 6) is -1.26. The summed E-state index contributed by atoms with van der Waals surface area (Å²) in [5.41, 5.74) is 0.908. The molecule has 2 aromatic rings. The molecule has 1 atom stereocenters. The van der Waals surface area contributed by atoms with E-state index >= 15 is 0 Å². The Morgan fingerprint density at radius 3 is 2.29 bits per heavy atom. The fraction of sp³-hybridized carbons (Fsp3) is 0.292. The molecule has 0 radical (unpaired) electrons. The number of carbonyl (C=O) groups is 3. The van der Waals surface area contributed by atoms with Crippen molar-refractivity contribution in [2.45, 2.75) is 18.9 Å². The Bertz CT molecular complexity index is 923. The molecule has 1 aliphatic rings. The number of rotatable bonds is 7. The molecule has 0 spiro atoms. The Morgan fingerprint density at radius 2 is 1.68 bits per heavy atom. The minimum absolute atomic E-state index is 0.116. The first-order valence-corrected chi connectivity index (χ1v) is 10.3. The van der Waals surface area contributed by atoms with Gasteiger partial charge < -0.3 is 15.5 Å². The van der Waals surface area contributed by atoms with Gasteiger partial charge in [-0.25, -0.2) is 4.39 Å². The van der Waals surface area contributed by atoms with Crippen LogP contribution >= 0.6 is 0 Å². The second-order valence-electron chi connectivity index (χ2n) is 7.49. The molecule has 162 valence electrons. The molecule has 1 saturated heterocycles. The monoisotopic (exact) mass is 423 g/mol. The van der Waals surface area contributed by atoms with Gasteiger partial charge in [-0.2, -0.15) is 0 Å². The molecule has 3 rings (SSSR count). The summed E-state index contributed by atoms with van der Waals surface area (Å²) < 4.78 is 13.1. The van der Waals surface area contributed by atoms with Crippen molar-refractivity contribution in [2.75, 3.05) is 19.6 Å². The van der Waals surface area contributed by atoms with E-state index in [1.54, 1.807) is 35.2 Å². The number of nitrogens with one attached hydrogen (secondary N) is 2. The van der Waals surface area contributed by atoms with E-state index in [0.29, 0.717) is 43.6 Å². The summed E-state index contributed by atoms with van der Waals surface area (Å²) in [4.78, 5) is 39.8. The van der Waals surface area contributed by atoms with Crippen molar-refractivity contribution >= 4 is 17.7 Å². The van der Waals surface area contributed by atoms with Crippen LogP contribution in [0.4, 0.5) is 4.39 Å². The summed E-state index contributed by atoms with van der Waals surface area (Å²) in [5, 5.41) is 5.63. The van der Waals surface area contributed by atoms with Crippen LogP contribution in [0.2, 0.25) is 0 Å². The molecule has 0 unspecified atom stereocenters. The van der Waals surface area contributed by atoms with Gasteiger partial charge in [-0.05, 0) is 55.2 Å². The van der Waals surface area contributed by atoms with Gasteiger partial charge in [0.05, 0.1) is 0 Å². The van der Waals surface area contributed by atoms with Crippen molar-refractivity contribution in [3.63, 3.8) is 0 Å². The van der Waals surface area contributed by atoms with Crippen LogP contribution in [0.1, 0.15) is 33.6 Å². The molecule has 1 fully saturated rings. The van der Waals surface area contributed by atoms with Gasteiger partial charge in [-0.1, -0.05) is 24.3 Å². The van der Waals surface area contributed by atoms with Crippen LogP contribution in [0, 0.1) is 11.7 Å². The van der Waals surface area contributed by atoms with Gasteiger partial charge in [-0.3, -0.25) is 14.4 Å². The summed E-state index contributed by atoms with van der Waals surface area (Å²) in [6.07, 6.45) is 2.71. The van der Waals surface area contributed by atoms with E-state index in [0.717, 1.165) is 0 Å². The van der Waals surface area contributed by atoms with Crippen molar-refractivity contribution in [1.82, 2.24) is 15.5 Å². The van der Waals surface area contributed by atoms with Crippen LogP contribution in [0.25, 0.3) is 0 Å². The molecule has 2 aromatic carbocycles. The predicted octanol–water partition coefficient (Wildman–Crippen LogP) is 2.78. The van der Waals surface area contributed by atoms with E-state index in [1.165, 1.54) is 24.3 Å². The van der Waals surface area contributed by atoms with Gasteiger partial charge >= 0.3 is 0 Å². The Balaban J connectivity index is 1.66. The number of carbonyl (C=O) groups excluding carboxylic acids is 3.